The number of amides is 3. The van der Waals surface area contributed by atoms with E-state index in [9.17, 15) is 19.2 Å². The van der Waals surface area contributed by atoms with Gasteiger partial charge >= 0.3 is 0 Å². The highest BCUT2D eigenvalue weighted by Gasteiger charge is 2.38. The minimum Gasteiger partial charge on any atom is -0.454 e. The lowest BCUT2D eigenvalue weighted by Gasteiger charge is -2.32. The van der Waals surface area contributed by atoms with E-state index in [4.69, 9.17) is 9.47 Å². The fraction of sp³-hybridized carbons (Fsp3) is 0.222. The van der Waals surface area contributed by atoms with Gasteiger partial charge in [0.05, 0.1) is 11.3 Å². The summed E-state index contributed by atoms with van der Waals surface area (Å²) in [7, 11) is 0. The molecule has 0 saturated heterocycles. The van der Waals surface area contributed by atoms with Crippen LogP contribution < -0.4 is 19.7 Å². The number of ketones is 1. The Morgan fingerprint density at radius 3 is 2.68 bits per heavy atom. The van der Waals surface area contributed by atoms with Gasteiger partial charge in [0.1, 0.15) is 12.6 Å². The minimum atomic E-state index is -0.859. The Balaban J connectivity index is 1.40. The zero-order valence-corrected chi connectivity index (χ0v) is 20.0. The zero-order chi connectivity index (χ0) is 25.9. The molecule has 0 radical (unpaired) electrons. The second-order valence-electron chi connectivity index (χ2n) is 8.60. The molecule has 10 nitrogen and oxygen atoms in total. The fourth-order valence-corrected chi connectivity index (χ4v) is 4.44. The van der Waals surface area contributed by atoms with E-state index in [2.05, 4.69) is 10.3 Å². The van der Waals surface area contributed by atoms with Gasteiger partial charge in [-0.3, -0.25) is 29.1 Å². The van der Waals surface area contributed by atoms with E-state index < -0.39 is 29.5 Å². The summed E-state index contributed by atoms with van der Waals surface area (Å²) in [5.41, 5.74) is 1.85. The van der Waals surface area contributed by atoms with Gasteiger partial charge in [-0.15, -0.1) is 0 Å². The summed E-state index contributed by atoms with van der Waals surface area (Å²) in [5, 5.41) is 2.85. The maximum Gasteiger partial charge on any atom is 0.299 e. The Morgan fingerprint density at radius 1 is 1.08 bits per heavy atom. The topological polar surface area (TPSA) is 118 Å². The Morgan fingerprint density at radius 2 is 1.89 bits per heavy atom. The SMILES string of the molecule is CC[C@@H](C(=O)Nc1ccc2c(c1)OCO2)N(Cc1cccnc1)C(=O)CN1C(=O)C(=O)c2ccccc21. The highest BCUT2D eigenvalue weighted by Crippen LogP contribution is 2.34. The molecular weight excluding hydrogens is 476 g/mol. The second-order valence-corrected chi connectivity index (χ2v) is 8.60. The number of pyridine rings is 1. The summed E-state index contributed by atoms with van der Waals surface area (Å²) >= 11 is 0. The lowest BCUT2D eigenvalue weighted by atomic mass is 10.1. The number of ether oxygens (including phenoxy) is 2. The molecule has 10 heteroatoms. The Kier molecular flexibility index (Phi) is 6.55. The number of Topliss-reactive ketones (excluding diaryl/α,β-unsaturated/α-hetero) is 1. The van der Waals surface area contributed by atoms with Crippen molar-refractivity contribution in [2.75, 3.05) is 23.6 Å². The molecule has 3 aromatic rings. The van der Waals surface area contributed by atoms with Crippen molar-refractivity contribution in [1.82, 2.24) is 9.88 Å². The average molecular weight is 501 g/mol. The monoisotopic (exact) mass is 500 g/mol. The third-order valence-corrected chi connectivity index (χ3v) is 6.27. The molecule has 2 aliphatic heterocycles. The number of carbonyl (C=O) groups excluding carboxylic acids is 4. The third-order valence-electron chi connectivity index (χ3n) is 6.27. The first-order valence-corrected chi connectivity index (χ1v) is 11.8. The molecule has 0 unspecified atom stereocenters. The standard InChI is InChI=1S/C27H24N4O6/c1-2-20(26(34)29-18-9-10-22-23(12-18)37-16-36-22)30(14-17-6-5-11-28-13-17)24(32)15-31-21-8-4-3-7-19(21)25(33)27(31)35/h3-13,20H,2,14-16H2,1H3,(H,29,34)/t20-/m0/s1. The molecule has 0 aliphatic carbocycles. The lowest BCUT2D eigenvalue weighted by Crippen LogP contribution is -2.50. The smallest absolute Gasteiger partial charge is 0.299 e. The van der Waals surface area contributed by atoms with E-state index in [0.29, 0.717) is 29.3 Å². The van der Waals surface area contributed by atoms with Crippen LogP contribution in [0.4, 0.5) is 11.4 Å². The van der Waals surface area contributed by atoms with Gasteiger partial charge in [0.2, 0.25) is 18.6 Å². The number of hydrogen-bond donors (Lipinski definition) is 1. The lowest BCUT2D eigenvalue weighted by molar-refractivity contribution is -0.138. The number of nitrogens with zero attached hydrogens (tertiary/aromatic N) is 3. The van der Waals surface area contributed by atoms with Crippen LogP contribution in [0.3, 0.4) is 0 Å². The van der Waals surface area contributed by atoms with Crippen molar-refractivity contribution in [3.63, 3.8) is 0 Å². The third kappa shape index (κ3) is 4.73. The Bertz CT molecular complexity index is 1380. The van der Waals surface area contributed by atoms with Crippen LogP contribution >= 0.6 is 0 Å². The normalized spacial score (nSPS) is 14.4. The van der Waals surface area contributed by atoms with E-state index >= 15 is 0 Å². The number of hydrogen-bond acceptors (Lipinski definition) is 7. The molecule has 0 saturated carbocycles. The van der Waals surface area contributed by atoms with Crippen LogP contribution in [0.25, 0.3) is 0 Å². The van der Waals surface area contributed by atoms with Crippen molar-refractivity contribution in [3.8, 4) is 11.5 Å². The molecule has 188 valence electrons. The van der Waals surface area contributed by atoms with E-state index in [1.807, 2.05) is 0 Å². The molecule has 1 N–H and O–H groups in total. The molecule has 5 rings (SSSR count). The van der Waals surface area contributed by atoms with Crippen molar-refractivity contribution in [2.45, 2.75) is 25.9 Å². The maximum atomic E-state index is 13.7. The number of fused-ring (bicyclic) bond motifs is 2. The van der Waals surface area contributed by atoms with Crippen LogP contribution in [0, 0.1) is 0 Å². The predicted octanol–water partition coefficient (Wildman–Crippen LogP) is 2.79. The number of aromatic nitrogens is 1. The minimum absolute atomic E-state index is 0.0946. The second kappa shape index (κ2) is 10.1. The molecule has 2 aliphatic rings. The molecule has 3 amide bonds. The van der Waals surface area contributed by atoms with Crippen molar-refractivity contribution < 1.29 is 28.7 Å². The van der Waals surface area contributed by atoms with E-state index in [1.54, 1.807) is 73.9 Å². The molecule has 0 spiro atoms. The predicted molar refractivity (Wildman–Crippen MR) is 133 cm³/mol. The summed E-state index contributed by atoms with van der Waals surface area (Å²) in [5.74, 6) is -1.20. The highest BCUT2D eigenvalue weighted by molar-refractivity contribution is 6.52. The number of benzene rings is 2. The summed E-state index contributed by atoms with van der Waals surface area (Å²) < 4.78 is 10.7. The van der Waals surface area contributed by atoms with Crippen LogP contribution in [0.2, 0.25) is 0 Å². The number of carbonyl (C=O) groups is 4. The number of rotatable bonds is 8. The number of para-hydroxylation sites is 1. The van der Waals surface area contributed by atoms with Crippen molar-refractivity contribution in [3.05, 3.63) is 78.1 Å². The van der Waals surface area contributed by atoms with Gasteiger partial charge in [-0.1, -0.05) is 25.1 Å². The van der Waals surface area contributed by atoms with Crippen molar-refractivity contribution in [2.24, 2.45) is 0 Å². The Hall–Kier alpha value is -4.73. The first kappa shape index (κ1) is 24.0. The summed E-state index contributed by atoms with van der Waals surface area (Å²) in [6.45, 7) is 1.62. The van der Waals surface area contributed by atoms with Crippen LogP contribution in [-0.2, 0) is 20.9 Å². The van der Waals surface area contributed by atoms with E-state index in [1.165, 1.54) is 9.80 Å². The van der Waals surface area contributed by atoms with Gasteiger partial charge in [-0.2, -0.15) is 0 Å². The van der Waals surface area contributed by atoms with Gasteiger partial charge in [-0.25, -0.2) is 0 Å². The average Bonchev–Trinajstić information content (AvgIpc) is 3.47. The van der Waals surface area contributed by atoms with Gasteiger partial charge in [0, 0.05) is 30.7 Å². The molecule has 1 atom stereocenters. The van der Waals surface area contributed by atoms with Crippen LogP contribution in [0.15, 0.2) is 67.0 Å². The summed E-state index contributed by atoms with van der Waals surface area (Å²) in [6, 6.07) is 14.3. The van der Waals surface area contributed by atoms with Crippen molar-refractivity contribution >= 4 is 34.9 Å². The zero-order valence-electron chi connectivity index (χ0n) is 20.0. The van der Waals surface area contributed by atoms with Gasteiger partial charge in [-0.05, 0) is 42.3 Å². The van der Waals surface area contributed by atoms with E-state index in [-0.39, 0.29) is 25.4 Å². The quantitative estimate of drug-likeness (QED) is 0.473. The van der Waals surface area contributed by atoms with Gasteiger partial charge in [0.25, 0.3) is 11.7 Å². The van der Waals surface area contributed by atoms with Crippen LogP contribution in [-0.4, -0.2) is 52.8 Å². The molecular formula is C27H24N4O6. The number of anilines is 2. The summed E-state index contributed by atoms with van der Waals surface area (Å²) in [4.78, 5) is 58.9. The van der Waals surface area contributed by atoms with E-state index in [0.717, 1.165) is 5.56 Å². The van der Waals surface area contributed by atoms with Crippen molar-refractivity contribution in [1.29, 1.82) is 0 Å². The molecule has 1 aromatic heterocycles. The summed E-state index contributed by atoms with van der Waals surface area (Å²) in [6.07, 6.45) is 3.54. The Labute approximate surface area is 212 Å². The molecule has 37 heavy (non-hydrogen) atoms. The van der Waals surface area contributed by atoms with Crippen LogP contribution in [0.5, 0.6) is 11.5 Å². The molecule has 2 aromatic carbocycles. The number of nitrogens with one attached hydrogen (secondary N) is 1. The molecule has 3 heterocycles. The van der Waals surface area contributed by atoms with Gasteiger partial charge in [0.15, 0.2) is 11.5 Å². The first-order chi connectivity index (χ1) is 18.0. The molecule has 0 fully saturated rings. The first-order valence-electron chi connectivity index (χ1n) is 11.8. The molecule has 0 bridgehead atoms. The van der Waals surface area contributed by atoms with Crippen LogP contribution in [0.1, 0.15) is 29.3 Å². The fourth-order valence-electron chi connectivity index (χ4n) is 4.44. The highest BCUT2D eigenvalue weighted by atomic mass is 16.7. The van der Waals surface area contributed by atoms with Gasteiger partial charge < -0.3 is 19.7 Å². The largest absolute Gasteiger partial charge is 0.454 e. The maximum absolute atomic E-state index is 13.7.